The van der Waals surface area contributed by atoms with E-state index in [2.05, 4.69) is 39.4 Å². The van der Waals surface area contributed by atoms with Gasteiger partial charge in [-0.3, -0.25) is 0 Å². The molecule has 0 heterocycles. The van der Waals surface area contributed by atoms with Crippen molar-refractivity contribution in [1.29, 1.82) is 0 Å². The van der Waals surface area contributed by atoms with Crippen LogP contribution < -0.4 is 10.1 Å². The van der Waals surface area contributed by atoms with Gasteiger partial charge in [0.15, 0.2) is 0 Å². The Hall–Kier alpha value is -2.41. The monoisotopic (exact) mass is 531 g/mol. The number of halogens is 2. The van der Waals surface area contributed by atoms with E-state index in [1.165, 1.54) is 11.6 Å². The summed E-state index contributed by atoms with van der Waals surface area (Å²) in [4.78, 5) is 13.0. The average Bonchev–Trinajstić information content (AvgIpc) is 2.80. The molecule has 0 atom stereocenters. The molecule has 3 aromatic rings. The zero-order chi connectivity index (χ0) is 22.9. The first kappa shape index (κ1) is 24.2. The molecule has 0 radical (unpaired) electrons. The van der Waals surface area contributed by atoms with E-state index in [0.29, 0.717) is 17.4 Å². The summed E-state index contributed by atoms with van der Waals surface area (Å²) in [5.74, 6) is 1.08. The van der Waals surface area contributed by atoms with Gasteiger partial charge in [-0.25, -0.2) is 4.79 Å². The molecule has 0 amide bonds. The molecular formula is C25H23BrClNO3S. The SMILES string of the molecule is CCOC(=O)C=Cc1cc(SCc2ccccc2)ccc1Nc1cc(Br)c(Cl)cc1OC. The summed E-state index contributed by atoms with van der Waals surface area (Å²) in [7, 11) is 1.59. The summed E-state index contributed by atoms with van der Waals surface area (Å²) < 4.78 is 11.3. The third kappa shape index (κ3) is 6.79. The molecule has 0 aromatic heterocycles. The Morgan fingerprint density at radius 2 is 1.91 bits per heavy atom. The lowest BCUT2D eigenvalue weighted by Crippen LogP contribution is -2.00. The minimum absolute atomic E-state index is 0.331. The van der Waals surface area contributed by atoms with Crippen LogP contribution in [0.25, 0.3) is 6.08 Å². The molecule has 0 saturated heterocycles. The molecule has 166 valence electrons. The van der Waals surface area contributed by atoms with Crippen LogP contribution in [-0.2, 0) is 15.3 Å². The van der Waals surface area contributed by atoms with Crippen molar-refractivity contribution in [2.45, 2.75) is 17.6 Å². The first-order valence-corrected chi connectivity index (χ1v) is 12.1. The Morgan fingerprint density at radius 1 is 1.12 bits per heavy atom. The van der Waals surface area contributed by atoms with Crippen LogP contribution >= 0.6 is 39.3 Å². The minimum Gasteiger partial charge on any atom is -0.495 e. The fourth-order valence-electron chi connectivity index (χ4n) is 2.91. The molecule has 4 nitrogen and oxygen atoms in total. The fourth-order valence-corrected chi connectivity index (χ4v) is 4.31. The smallest absolute Gasteiger partial charge is 0.330 e. The van der Waals surface area contributed by atoms with Gasteiger partial charge in [0.25, 0.3) is 0 Å². The number of rotatable bonds is 9. The molecule has 0 fully saturated rings. The Bertz CT molecular complexity index is 1110. The van der Waals surface area contributed by atoms with Gasteiger partial charge in [-0.15, -0.1) is 11.8 Å². The number of hydrogen-bond acceptors (Lipinski definition) is 5. The molecular weight excluding hydrogens is 510 g/mol. The first-order chi connectivity index (χ1) is 15.5. The average molecular weight is 533 g/mol. The van der Waals surface area contributed by atoms with Crippen molar-refractivity contribution < 1.29 is 14.3 Å². The van der Waals surface area contributed by atoms with Gasteiger partial charge in [0.1, 0.15) is 5.75 Å². The zero-order valence-corrected chi connectivity index (χ0v) is 20.9. The lowest BCUT2D eigenvalue weighted by molar-refractivity contribution is -0.137. The van der Waals surface area contributed by atoms with Crippen molar-refractivity contribution in [1.82, 2.24) is 0 Å². The van der Waals surface area contributed by atoms with Gasteiger partial charge < -0.3 is 14.8 Å². The molecule has 32 heavy (non-hydrogen) atoms. The summed E-state index contributed by atoms with van der Waals surface area (Å²) in [6.45, 7) is 2.11. The van der Waals surface area contributed by atoms with E-state index in [1.54, 1.807) is 37.9 Å². The quantitative estimate of drug-likeness (QED) is 0.174. The molecule has 0 aliphatic heterocycles. The topological polar surface area (TPSA) is 47.6 Å². The molecule has 0 unspecified atom stereocenters. The molecule has 1 N–H and O–H groups in total. The fraction of sp³-hybridized carbons (Fsp3) is 0.160. The third-order valence-corrected chi connectivity index (χ3v) is 6.73. The minimum atomic E-state index is -0.382. The highest BCUT2D eigenvalue weighted by atomic mass is 79.9. The van der Waals surface area contributed by atoms with Gasteiger partial charge in [-0.1, -0.05) is 41.9 Å². The van der Waals surface area contributed by atoms with E-state index in [-0.39, 0.29) is 5.97 Å². The van der Waals surface area contributed by atoms with Crippen LogP contribution in [-0.4, -0.2) is 19.7 Å². The van der Waals surface area contributed by atoms with Crippen LogP contribution in [0.15, 0.2) is 76.1 Å². The van der Waals surface area contributed by atoms with Crippen LogP contribution in [0.5, 0.6) is 5.75 Å². The number of benzene rings is 3. The number of carbonyl (C=O) groups excluding carboxylic acids is 1. The van der Waals surface area contributed by atoms with E-state index < -0.39 is 0 Å². The second-order valence-corrected chi connectivity index (χ2v) is 9.01. The zero-order valence-electron chi connectivity index (χ0n) is 17.7. The van der Waals surface area contributed by atoms with Crippen molar-refractivity contribution in [2.75, 3.05) is 19.0 Å². The second-order valence-electron chi connectivity index (χ2n) is 6.70. The Labute approximate surface area is 206 Å². The molecule has 0 saturated carbocycles. The van der Waals surface area contributed by atoms with Crippen molar-refractivity contribution in [3.63, 3.8) is 0 Å². The summed E-state index contributed by atoms with van der Waals surface area (Å²) in [6.07, 6.45) is 3.19. The second kappa shape index (κ2) is 12.0. The molecule has 0 aliphatic carbocycles. The van der Waals surface area contributed by atoms with Crippen molar-refractivity contribution in [3.05, 3.63) is 87.4 Å². The molecule has 3 aromatic carbocycles. The van der Waals surface area contributed by atoms with Gasteiger partial charge in [0.05, 0.1) is 24.4 Å². The van der Waals surface area contributed by atoms with Crippen molar-refractivity contribution in [3.8, 4) is 5.75 Å². The number of hydrogen-bond donors (Lipinski definition) is 1. The molecule has 0 bridgehead atoms. The summed E-state index contributed by atoms with van der Waals surface area (Å²) >= 11 is 11.4. The Kier molecular flexibility index (Phi) is 9.09. The number of ether oxygens (including phenoxy) is 2. The largest absolute Gasteiger partial charge is 0.495 e. The van der Waals surface area contributed by atoms with Crippen LogP contribution in [0, 0.1) is 0 Å². The number of nitrogens with one attached hydrogen (secondary N) is 1. The summed E-state index contributed by atoms with van der Waals surface area (Å²) in [5.41, 5.74) is 3.67. The molecule has 0 spiro atoms. The molecule has 7 heteroatoms. The standard InChI is InChI=1S/C25H23BrClNO3S/c1-3-31-25(29)12-9-18-13-19(32-16-17-7-5-4-6-8-17)10-11-22(18)28-23-14-20(26)21(27)15-24(23)30-2/h4-15,28H,3,16H2,1-2H3. The van der Waals surface area contributed by atoms with E-state index >= 15 is 0 Å². The predicted molar refractivity (Wildman–Crippen MR) is 137 cm³/mol. The van der Waals surface area contributed by atoms with Gasteiger partial charge in [0.2, 0.25) is 0 Å². The van der Waals surface area contributed by atoms with Crippen LogP contribution in [0.3, 0.4) is 0 Å². The normalized spacial score (nSPS) is 10.9. The van der Waals surface area contributed by atoms with Gasteiger partial charge in [0, 0.05) is 33.0 Å². The lowest BCUT2D eigenvalue weighted by atomic mass is 10.1. The van der Waals surface area contributed by atoms with Gasteiger partial charge >= 0.3 is 5.97 Å². The number of carbonyl (C=O) groups is 1. The summed E-state index contributed by atoms with van der Waals surface area (Å²) in [5, 5.41) is 3.95. The number of thioether (sulfide) groups is 1. The predicted octanol–water partition coefficient (Wildman–Crippen LogP) is 7.72. The highest BCUT2D eigenvalue weighted by Crippen LogP contribution is 2.37. The van der Waals surface area contributed by atoms with Crippen LogP contribution in [0.2, 0.25) is 5.02 Å². The number of anilines is 2. The van der Waals surface area contributed by atoms with Crippen LogP contribution in [0.1, 0.15) is 18.1 Å². The maximum absolute atomic E-state index is 11.9. The maximum Gasteiger partial charge on any atom is 0.330 e. The highest BCUT2D eigenvalue weighted by Gasteiger charge is 2.11. The van der Waals surface area contributed by atoms with Gasteiger partial charge in [-0.05, 0) is 64.3 Å². The Balaban J connectivity index is 1.90. The van der Waals surface area contributed by atoms with Crippen molar-refractivity contribution in [2.24, 2.45) is 0 Å². The number of methoxy groups -OCH3 is 1. The van der Waals surface area contributed by atoms with E-state index in [1.807, 2.05) is 36.4 Å². The van der Waals surface area contributed by atoms with Crippen LogP contribution in [0.4, 0.5) is 11.4 Å². The first-order valence-electron chi connectivity index (χ1n) is 9.95. The van der Waals surface area contributed by atoms with E-state index in [9.17, 15) is 4.79 Å². The lowest BCUT2D eigenvalue weighted by Gasteiger charge is -2.15. The van der Waals surface area contributed by atoms with Crippen molar-refractivity contribution >= 4 is 62.7 Å². The third-order valence-electron chi connectivity index (χ3n) is 4.47. The van der Waals surface area contributed by atoms with E-state index in [0.717, 1.165) is 32.1 Å². The van der Waals surface area contributed by atoms with Gasteiger partial charge in [-0.2, -0.15) is 0 Å². The number of esters is 1. The maximum atomic E-state index is 11.9. The molecule has 3 rings (SSSR count). The molecule has 0 aliphatic rings. The Morgan fingerprint density at radius 3 is 2.62 bits per heavy atom. The summed E-state index contributed by atoms with van der Waals surface area (Å²) in [6, 6.07) is 20.0. The highest BCUT2D eigenvalue weighted by molar-refractivity contribution is 9.10. The van der Waals surface area contributed by atoms with E-state index in [4.69, 9.17) is 21.1 Å².